The van der Waals surface area contributed by atoms with E-state index in [2.05, 4.69) is 28.4 Å². The molecule has 0 fully saturated rings. The normalized spacial score (nSPS) is 9.62. The van der Waals surface area contributed by atoms with Crippen LogP contribution in [0, 0.1) is 0 Å². The van der Waals surface area contributed by atoms with E-state index in [0.29, 0.717) is 13.1 Å². The van der Waals surface area contributed by atoms with E-state index in [1.807, 2.05) is 18.2 Å². The van der Waals surface area contributed by atoms with Crippen LogP contribution in [0.1, 0.15) is 12.5 Å². The molecule has 1 rings (SSSR count). The summed E-state index contributed by atoms with van der Waals surface area (Å²) in [6, 6.07) is 8.15. The van der Waals surface area contributed by atoms with Crippen molar-refractivity contribution < 1.29 is 9.53 Å². The number of aryl methyl sites for hydroxylation is 1. The number of para-hydroxylation sites is 1. The molecule has 0 saturated carbocycles. The molecule has 1 amide bonds. The van der Waals surface area contributed by atoms with Crippen LogP contribution in [0.2, 0.25) is 0 Å². The molecule has 4 heteroatoms. The summed E-state index contributed by atoms with van der Waals surface area (Å²) in [6.45, 7) is 3.35. The smallest absolute Gasteiger partial charge is 0.406 e. The van der Waals surface area contributed by atoms with Crippen molar-refractivity contribution in [1.29, 1.82) is 0 Å². The van der Waals surface area contributed by atoms with E-state index in [0.717, 1.165) is 12.1 Å². The second kappa shape index (κ2) is 6.71. The first-order valence-corrected chi connectivity index (χ1v) is 5.41. The molecule has 1 aromatic rings. The van der Waals surface area contributed by atoms with Crippen LogP contribution in [0.5, 0.6) is 0 Å². The second-order valence-corrected chi connectivity index (χ2v) is 3.36. The Hall–Kier alpha value is -1.71. The summed E-state index contributed by atoms with van der Waals surface area (Å²) in [6.07, 6.45) is 0.596. The molecular formula is C12H18N2O2. The molecule has 0 heterocycles. The number of rotatable bonds is 5. The van der Waals surface area contributed by atoms with Gasteiger partial charge in [0.15, 0.2) is 0 Å². The quantitative estimate of drug-likeness (QED) is 0.749. The molecule has 4 nitrogen and oxygen atoms in total. The molecule has 2 N–H and O–H groups in total. The summed E-state index contributed by atoms with van der Waals surface area (Å²) in [5.41, 5.74) is 2.40. The summed E-state index contributed by atoms with van der Waals surface area (Å²) in [7, 11) is 1.36. The largest absolute Gasteiger partial charge is 0.453 e. The van der Waals surface area contributed by atoms with Crippen LogP contribution in [-0.2, 0) is 11.2 Å². The molecule has 0 aliphatic heterocycles. The highest BCUT2D eigenvalue weighted by atomic mass is 16.5. The molecule has 0 saturated heterocycles. The Kier molecular flexibility index (Phi) is 5.19. The maximum atomic E-state index is 10.8. The number of carbonyl (C=O) groups excluding carboxylic acids is 1. The Morgan fingerprint density at radius 1 is 1.31 bits per heavy atom. The highest BCUT2D eigenvalue weighted by Gasteiger charge is 1.99. The first kappa shape index (κ1) is 12.4. The number of methoxy groups -OCH3 is 1. The van der Waals surface area contributed by atoms with Crippen molar-refractivity contribution in [2.24, 2.45) is 0 Å². The minimum atomic E-state index is -0.398. The lowest BCUT2D eigenvalue weighted by atomic mass is 10.1. The van der Waals surface area contributed by atoms with Gasteiger partial charge in [-0.05, 0) is 18.1 Å². The third-order valence-electron chi connectivity index (χ3n) is 2.29. The van der Waals surface area contributed by atoms with E-state index in [9.17, 15) is 4.79 Å². The molecule has 0 unspecified atom stereocenters. The first-order valence-electron chi connectivity index (χ1n) is 5.41. The van der Waals surface area contributed by atoms with Crippen LogP contribution < -0.4 is 10.6 Å². The van der Waals surface area contributed by atoms with Gasteiger partial charge < -0.3 is 15.4 Å². The van der Waals surface area contributed by atoms with Gasteiger partial charge in [0.05, 0.1) is 7.11 Å². The van der Waals surface area contributed by atoms with E-state index in [4.69, 9.17) is 0 Å². The Bertz CT molecular complexity index is 340. The third kappa shape index (κ3) is 3.81. The maximum Gasteiger partial charge on any atom is 0.406 e. The lowest BCUT2D eigenvalue weighted by Gasteiger charge is -2.10. The van der Waals surface area contributed by atoms with Crippen LogP contribution in [0.25, 0.3) is 0 Å². The van der Waals surface area contributed by atoms with Crippen LogP contribution in [0.4, 0.5) is 10.5 Å². The Morgan fingerprint density at radius 2 is 2.06 bits per heavy atom. The average molecular weight is 222 g/mol. The molecule has 16 heavy (non-hydrogen) atoms. The van der Waals surface area contributed by atoms with E-state index in [1.54, 1.807) is 0 Å². The number of ether oxygens (including phenoxy) is 1. The van der Waals surface area contributed by atoms with E-state index >= 15 is 0 Å². The molecule has 1 aromatic carbocycles. The molecule has 88 valence electrons. The fraction of sp³-hybridized carbons (Fsp3) is 0.417. The van der Waals surface area contributed by atoms with Crippen LogP contribution in [0.15, 0.2) is 24.3 Å². The van der Waals surface area contributed by atoms with Crippen molar-refractivity contribution >= 4 is 11.8 Å². The van der Waals surface area contributed by atoms with E-state index < -0.39 is 6.09 Å². The van der Waals surface area contributed by atoms with Gasteiger partial charge >= 0.3 is 6.09 Å². The predicted molar refractivity (Wildman–Crippen MR) is 64.7 cm³/mol. The number of hydrogen-bond acceptors (Lipinski definition) is 3. The Balaban J connectivity index is 2.34. The Labute approximate surface area is 96.0 Å². The van der Waals surface area contributed by atoms with Gasteiger partial charge in [-0.25, -0.2) is 4.79 Å². The molecule has 0 radical (unpaired) electrons. The lowest BCUT2D eigenvalue weighted by Crippen LogP contribution is -2.28. The summed E-state index contributed by atoms with van der Waals surface area (Å²) >= 11 is 0. The van der Waals surface area contributed by atoms with Crippen molar-refractivity contribution in [3.63, 3.8) is 0 Å². The molecule has 0 spiro atoms. The second-order valence-electron chi connectivity index (χ2n) is 3.36. The van der Waals surface area contributed by atoms with Gasteiger partial charge in [0, 0.05) is 18.8 Å². The van der Waals surface area contributed by atoms with Crippen molar-refractivity contribution in [1.82, 2.24) is 5.32 Å². The van der Waals surface area contributed by atoms with Gasteiger partial charge in [0.25, 0.3) is 0 Å². The number of anilines is 1. The van der Waals surface area contributed by atoms with Crippen molar-refractivity contribution in [3.05, 3.63) is 29.8 Å². The van der Waals surface area contributed by atoms with Crippen LogP contribution >= 0.6 is 0 Å². The SMILES string of the molecule is CCc1ccccc1NCCNC(=O)OC. The number of amides is 1. The highest BCUT2D eigenvalue weighted by Crippen LogP contribution is 2.14. The third-order valence-corrected chi connectivity index (χ3v) is 2.29. The molecule has 0 aromatic heterocycles. The topological polar surface area (TPSA) is 50.4 Å². The standard InChI is InChI=1S/C12H18N2O2/c1-3-10-6-4-5-7-11(10)13-8-9-14-12(15)16-2/h4-7,13H,3,8-9H2,1-2H3,(H,14,15). The minimum Gasteiger partial charge on any atom is -0.453 e. The number of nitrogens with one attached hydrogen (secondary N) is 2. The van der Waals surface area contributed by atoms with Gasteiger partial charge in [-0.15, -0.1) is 0 Å². The van der Waals surface area contributed by atoms with E-state index in [-0.39, 0.29) is 0 Å². The summed E-state index contributed by atoms with van der Waals surface area (Å²) in [5, 5.41) is 5.89. The summed E-state index contributed by atoms with van der Waals surface area (Å²) in [5.74, 6) is 0. The lowest BCUT2D eigenvalue weighted by molar-refractivity contribution is 0.171. The van der Waals surface area contributed by atoms with E-state index in [1.165, 1.54) is 12.7 Å². The number of alkyl carbamates (subject to hydrolysis) is 1. The molecule has 0 aliphatic carbocycles. The van der Waals surface area contributed by atoms with Crippen LogP contribution in [-0.4, -0.2) is 26.3 Å². The minimum absolute atomic E-state index is 0.398. The number of benzene rings is 1. The maximum absolute atomic E-state index is 10.8. The zero-order chi connectivity index (χ0) is 11.8. The fourth-order valence-corrected chi connectivity index (χ4v) is 1.43. The number of hydrogen-bond donors (Lipinski definition) is 2. The monoisotopic (exact) mass is 222 g/mol. The van der Waals surface area contributed by atoms with Crippen molar-refractivity contribution in [2.75, 3.05) is 25.5 Å². The molecule has 0 bridgehead atoms. The van der Waals surface area contributed by atoms with Crippen molar-refractivity contribution in [3.8, 4) is 0 Å². The zero-order valence-electron chi connectivity index (χ0n) is 9.75. The highest BCUT2D eigenvalue weighted by molar-refractivity contribution is 5.66. The zero-order valence-corrected chi connectivity index (χ0v) is 9.75. The predicted octanol–water partition coefficient (Wildman–Crippen LogP) is 2.02. The van der Waals surface area contributed by atoms with Gasteiger partial charge in [-0.2, -0.15) is 0 Å². The first-order chi connectivity index (χ1) is 7.77. The van der Waals surface area contributed by atoms with Gasteiger partial charge in [-0.3, -0.25) is 0 Å². The summed E-state index contributed by atoms with van der Waals surface area (Å²) in [4.78, 5) is 10.8. The molecule has 0 atom stereocenters. The molecule has 0 aliphatic rings. The van der Waals surface area contributed by atoms with Gasteiger partial charge in [0.2, 0.25) is 0 Å². The van der Waals surface area contributed by atoms with Crippen molar-refractivity contribution in [2.45, 2.75) is 13.3 Å². The van der Waals surface area contributed by atoms with Crippen LogP contribution in [0.3, 0.4) is 0 Å². The Morgan fingerprint density at radius 3 is 2.75 bits per heavy atom. The molecular weight excluding hydrogens is 204 g/mol. The average Bonchev–Trinajstić information content (AvgIpc) is 2.34. The summed E-state index contributed by atoms with van der Waals surface area (Å²) < 4.78 is 4.47. The van der Waals surface area contributed by atoms with Gasteiger partial charge in [0.1, 0.15) is 0 Å². The van der Waals surface area contributed by atoms with Gasteiger partial charge in [-0.1, -0.05) is 25.1 Å². The fourth-order valence-electron chi connectivity index (χ4n) is 1.43. The number of carbonyl (C=O) groups is 1.